The number of aromatic nitrogens is 3. The lowest BCUT2D eigenvalue weighted by Crippen LogP contribution is -2.28. The van der Waals surface area contributed by atoms with Crippen molar-refractivity contribution in [3.8, 4) is 17.0 Å². The summed E-state index contributed by atoms with van der Waals surface area (Å²) < 4.78 is 5.46. The van der Waals surface area contributed by atoms with E-state index in [0.717, 1.165) is 33.9 Å². The lowest BCUT2D eigenvalue weighted by molar-refractivity contribution is 0.218. The number of rotatable bonds is 7. The number of ether oxygens (including phenoxy) is 1. The van der Waals surface area contributed by atoms with E-state index in [1.165, 1.54) is 0 Å². The molecule has 2 aromatic heterocycles. The van der Waals surface area contributed by atoms with Crippen molar-refractivity contribution in [1.82, 2.24) is 15.0 Å². The number of methoxy groups -OCH3 is 1. The Morgan fingerprint density at radius 3 is 2.83 bits per heavy atom. The molecule has 1 unspecified atom stereocenters. The summed E-state index contributed by atoms with van der Waals surface area (Å²) in [4.78, 5) is 13.5. The fraction of sp³-hybridized carbons (Fsp3) is 0.318. The van der Waals surface area contributed by atoms with E-state index in [0.29, 0.717) is 24.7 Å². The summed E-state index contributed by atoms with van der Waals surface area (Å²) in [6.45, 7) is 2.79. The standard InChI is InChI=1S/C22H25N5O3/c1-22(13-29)12-25-20-16(22)10-15(11-24-20)17-5-7-23-21(26-17)27-18-4-3-14(6-8-28)9-19(18)30-2/h3-5,7,9-11,28-29H,6,8,12-13H2,1-2H3,(H,24,25)(H,23,26,27). The molecule has 3 heterocycles. The van der Waals surface area contributed by atoms with Gasteiger partial charge >= 0.3 is 0 Å². The molecule has 1 aromatic carbocycles. The molecule has 3 aromatic rings. The predicted molar refractivity (Wildman–Crippen MR) is 115 cm³/mol. The minimum absolute atomic E-state index is 0.0424. The minimum Gasteiger partial charge on any atom is -0.495 e. The number of anilines is 3. The Balaban J connectivity index is 1.62. The molecule has 0 saturated carbocycles. The van der Waals surface area contributed by atoms with Gasteiger partial charge in [-0.15, -0.1) is 0 Å². The average Bonchev–Trinajstić information content (AvgIpc) is 3.12. The summed E-state index contributed by atoms with van der Waals surface area (Å²) in [6, 6.07) is 9.55. The number of benzene rings is 1. The van der Waals surface area contributed by atoms with E-state index in [2.05, 4.69) is 25.6 Å². The number of hydrogen-bond acceptors (Lipinski definition) is 8. The molecule has 4 N–H and O–H groups in total. The van der Waals surface area contributed by atoms with Gasteiger partial charge in [0.1, 0.15) is 11.6 Å². The van der Waals surface area contributed by atoms with Crippen LogP contribution in [0.1, 0.15) is 18.1 Å². The quantitative estimate of drug-likeness (QED) is 0.473. The van der Waals surface area contributed by atoms with Crippen molar-refractivity contribution in [2.45, 2.75) is 18.8 Å². The zero-order valence-electron chi connectivity index (χ0n) is 17.0. The maximum atomic E-state index is 9.82. The van der Waals surface area contributed by atoms with Gasteiger partial charge in [0, 0.05) is 42.1 Å². The molecule has 0 bridgehead atoms. The average molecular weight is 407 g/mol. The monoisotopic (exact) mass is 407 g/mol. The Labute approximate surface area is 175 Å². The zero-order valence-corrected chi connectivity index (χ0v) is 17.0. The normalized spacial score (nSPS) is 17.3. The molecule has 0 fully saturated rings. The van der Waals surface area contributed by atoms with Gasteiger partial charge in [-0.2, -0.15) is 0 Å². The van der Waals surface area contributed by atoms with E-state index in [1.807, 2.05) is 37.3 Å². The minimum atomic E-state index is -0.365. The van der Waals surface area contributed by atoms with Crippen LogP contribution in [0.3, 0.4) is 0 Å². The largest absolute Gasteiger partial charge is 0.495 e. The fourth-order valence-electron chi connectivity index (χ4n) is 3.54. The number of hydrogen-bond donors (Lipinski definition) is 4. The summed E-state index contributed by atoms with van der Waals surface area (Å²) in [7, 11) is 1.60. The van der Waals surface area contributed by atoms with Crippen molar-refractivity contribution >= 4 is 17.5 Å². The summed E-state index contributed by atoms with van der Waals surface area (Å²) in [5, 5.41) is 25.4. The molecule has 8 heteroatoms. The maximum absolute atomic E-state index is 9.82. The Hall–Kier alpha value is -3.23. The summed E-state index contributed by atoms with van der Waals surface area (Å²) >= 11 is 0. The Morgan fingerprint density at radius 2 is 2.07 bits per heavy atom. The van der Waals surface area contributed by atoms with Crippen molar-refractivity contribution < 1.29 is 14.9 Å². The van der Waals surface area contributed by atoms with Crippen LogP contribution < -0.4 is 15.4 Å². The van der Waals surface area contributed by atoms with Gasteiger partial charge in [0.25, 0.3) is 0 Å². The molecule has 1 atom stereocenters. The second kappa shape index (κ2) is 8.25. The Kier molecular flexibility index (Phi) is 5.52. The lowest BCUT2D eigenvalue weighted by Gasteiger charge is -2.20. The number of pyridine rings is 1. The second-order valence-corrected chi connectivity index (χ2v) is 7.59. The zero-order chi connectivity index (χ0) is 21.1. The van der Waals surface area contributed by atoms with Gasteiger partial charge in [0.15, 0.2) is 0 Å². The molecule has 1 aliphatic heterocycles. The third-order valence-electron chi connectivity index (χ3n) is 5.40. The first-order valence-electron chi connectivity index (χ1n) is 9.80. The van der Waals surface area contributed by atoms with Crippen molar-refractivity contribution in [3.63, 3.8) is 0 Å². The van der Waals surface area contributed by atoms with E-state index in [1.54, 1.807) is 19.5 Å². The fourth-order valence-corrected chi connectivity index (χ4v) is 3.54. The summed E-state index contributed by atoms with van der Waals surface area (Å²) in [6.07, 6.45) is 4.02. The Morgan fingerprint density at radius 1 is 1.20 bits per heavy atom. The van der Waals surface area contributed by atoms with Crippen LogP contribution in [0.5, 0.6) is 5.75 Å². The molecular weight excluding hydrogens is 382 g/mol. The van der Waals surface area contributed by atoms with Crippen LogP contribution in [-0.2, 0) is 11.8 Å². The van der Waals surface area contributed by atoms with Gasteiger partial charge in [-0.05, 0) is 36.2 Å². The molecule has 0 saturated heterocycles. The van der Waals surface area contributed by atoms with Gasteiger partial charge in [0.05, 0.1) is 25.1 Å². The number of aliphatic hydroxyl groups excluding tert-OH is 2. The molecule has 0 aliphatic carbocycles. The molecule has 0 amide bonds. The van der Waals surface area contributed by atoms with Crippen molar-refractivity contribution in [1.29, 1.82) is 0 Å². The van der Waals surface area contributed by atoms with Crippen molar-refractivity contribution in [3.05, 3.63) is 53.9 Å². The molecule has 8 nitrogen and oxygen atoms in total. The van der Waals surface area contributed by atoms with Gasteiger partial charge in [-0.25, -0.2) is 15.0 Å². The van der Waals surface area contributed by atoms with Gasteiger partial charge in [-0.3, -0.25) is 0 Å². The SMILES string of the molecule is COc1cc(CCO)ccc1Nc1nccc(-c2cnc3c(c2)C(C)(CO)CN3)n1. The highest BCUT2D eigenvalue weighted by Crippen LogP contribution is 2.37. The van der Waals surface area contributed by atoms with E-state index in [4.69, 9.17) is 9.84 Å². The number of aliphatic hydroxyl groups is 2. The van der Waals surface area contributed by atoms with Crippen LogP contribution in [0.25, 0.3) is 11.3 Å². The van der Waals surface area contributed by atoms with Crippen LogP contribution in [0.4, 0.5) is 17.5 Å². The van der Waals surface area contributed by atoms with Crippen LogP contribution in [-0.4, -0.2) is 52.0 Å². The van der Waals surface area contributed by atoms with Crippen LogP contribution in [0.15, 0.2) is 42.7 Å². The van der Waals surface area contributed by atoms with Crippen LogP contribution in [0, 0.1) is 0 Å². The van der Waals surface area contributed by atoms with Gasteiger partial charge in [0.2, 0.25) is 5.95 Å². The van der Waals surface area contributed by atoms with Crippen LogP contribution >= 0.6 is 0 Å². The first-order valence-corrected chi connectivity index (χ1v) is 9.80. The van der Waals surface area contributed by atoms with Crippen molar-refractivity contribution in [2.24, 2.45) is 0 Å². The highest BCUT2D eigenvalue weighted by atomic mass is 16.5. The summed E-state index contributed by atoms with van der Waals surface area (Å²) in [5.41, 5.74) is 3.92. The highest BCUT2D eigenvalue weighted by molar-refractivity contribution is 5.68. The van der Waals surface area contributed by atoms with E-state index in [9.17, 15) is 5.11 Å². The number of nitrogens with zero attached hydrogens (tertiary/aromatic N) is 3. The highest BCUT2D eigenvalue weighted by Gasteiger charge is 2.35. The van der Waals surface area contributed by atoms with Crippen LogP contribution in [0.2, 0.25) is 0 Å². The third kappa shape index (κ3) is 3.79. The number of nitrogens with one attached hydrogen (secondary N) is 2. The lowest BCUT2D eigenvalue weighted by atomic mass is 9.85. The third-order valence-corrected chi connectivity index (χ3v) is 5.40. The first-order chi connectivity index (χ1) is 14.6. The van der Waals surface area contributed by atoms with Gasteiger partial charge < -0.3 is 25.6 Å². The molecule has 30 heavy (non-hydrogen) atoms. The molecule has 0 spiro atoms. The number of fused-ring (bicyclic) bond motifs is 1. The molecule has 1 aliphatic rings. The maximum Gasteiger partial charge on any atom is 0.227 e. The smallest absolute Gasteiger partial charge is 0.227 e. The van der Waals surface area contributed by atoms with E-state index < -0.39 is 0 Å². The molecular formula is C22H25N5O3. The molecule has 4 rings (SSSR count). The van der Waals surface area contributed by atoms with E-state index in [-0.39, 0.29) is 18.6 Å². The van der Waals surface area contributed by atoms with Crippen molar-refractivity contribution in [2.75, 3.05) is 37.5 Å². The molecule has 156 valence electrons. The van der Waals surface area contributed by atoms with E-state index >= 15 is 0 Å². The topological polar surface area (TPSA) is 112 Å². The first kappa shape index (κ1) is 20.1. The Bertz CT molecular complexity index is 1060. The predicted octanol–water partition coefficient (Wildman–Crippen LogP) is 2.50. The summed E-state index contributed by atoms with van der Waals surface area (Å²) in [5.74, 6) is 1.89. The van der Waals surface area contributed by atoms with Gasteiger partial charge in [-0.1, -0.05) is 13.0 Å². The molecule has 0 radical (unpaired) electrons. The second-order valence-electron chi connectivity index (χ2n) is 7.59.